The molecule has 2 fully saturated rings. The fourth-order valence-corrected chi connectivity index (χ4v) is 3.62. The Bertz CT molecular complexity index is 622. The number of aliphatic hydroxyl groups excluding tert-OH is 1. The summed E-state index contributed by atoms with van der Waals surface area (Å²) in [5.74, 6) is -0.215. The summed E-state index contributed by atoms with van der Waals surface area (Å²) in [6.45, 7) is 3.44. The Morgan fingerprint density at radius 3 is 3.04 bits per heavy atom. The van der Waals surface area contributed by atoms with Crippen LogP contribution in [0.1, 0.15) is 35.3 Å². The molecule has 24 heavy (non-hydrogen) atoms. The topological polar surface area (TPSA) is 94.6 Å². The van der Waals surface area contributed by atoms with E-state index in [2.05, 4.69) is 15.6 Å². The van der Waals surface area contributed by atoms with Gasteiger partial charge in [0, 0.05) is 31.0 Å². The molecule has 2 amide bonds. The molecule has 0 aromatic carbocycles. The van der Waals surface area contributed by atoms with Crippen molar-refractivity contribution in [2.24, 2.45) is 0 Å². The van der Waals surface area contributed by atoms with E-state index in [1.165, 1.54) is 0 Å². The average molecular weight is 332 g/mol. The molecule has 1 aliphatic heterocycles. The Hall–Kier alpha value is -1.99. The summed E-state index contributed by atoms with van der Waals surface area (Å²) in [4.78, 5) is 30.2. The van der Waals surface area contributed by atoms with E-state index < -0.39 is 6.10 Å². The molecule has 0 bridgehead atoms. The number of piperazine rings is 1. The van der Waals surface area contributed by atoms with Crippen LogP contribution in [0.25, 0.3) is 0 Å². The van der Waals surface area contributed by atoms with Gasteiger partial charge in [-0.1, -0.05) is 0 Å². The normalized spacial score (nSPS) is 28.2. The van der Waals surface area contributed by atoms with Gasteiger partial charge in [-0.3, -0.25) is 19.5 Å². The van der Waals surface area contributed by atoms with Gasteiger partial charge in [-0.05, 0) is 38.3 Å². The molecular formula is C17H24N4O3. The summed E-state index contributed by atoms with van der Waals surface area (Å²) in [5, 5.41) is 16.5. The van der Waals surface area contributed by atoms with Gasteiger partial charge in [0.1, 0.15) is 0 Å². The highest BCUT2D eigenvalue weighted by Gasteiger charge is 2.37. The number of nitrogens with zero attached hydrogens (tertiary/aromatic N) is 2. The zero-order valence-corrected chi connectivity index (χ0v) is 13.9. The molecule has 1 aliphatic carbocycles. The number of nitrogens with one attached hydrogen (secondary N) is 2. The van der Waals surface area contributed by atoms with E-state index in [1.807, 2.05) is 4.90 Å². The highest BCUT2D eigenvalue weighted by atomic mass is 16.3. The summed E-state index contributed by atoms with van der Waals surface area (Å²) in [5.41, 5.74) is 1.20. The number of hydrogen-bond acceptors (Lipinski definition) is 5. The van der Waals surface area contributed by atoms with Crippen LogP contribution in [0.3, 0.4) is 0 Å². The number of aliphatic hydroxyl groups is 1. The molecule has 1 saturated carbocycles. The van der Waals surface area contributed by atoms with Crippen molar-refractivity contribution in [3.05, 3.63) is 29.6 Å². The third kappa shape index (κ3) is 3.57. The van der Waals surface area contributed by atoms with E-state index >= 15 is 0 Å². The zero-order chi connectivity index (χ0) is 17.1. The predicted octanol–water partition coefficient (Wildman–Crippen LogP) is -0.166. The van der Waals surface area contributed by atoms with Crippen molar-refractivity contribution in [1.29, 1.82) is 0 Å². The van der Waals surface area contributed by atoms with Crippen molar-refractivity contribution < 1.29 is 14.7 Å². The largest absolute Gasteiger partial charge is 0.389 e. The molecule has 0 radical (unpaired) electrons. The van der Waals surface area contributed by atoms with Crippen LogP contribution in [-0.2, 0) is 4.79 Å². The van der Waals surface area contributed by atoms with Crippen molar-refractivity contribution in [3.8, 4) is 0 Å². The van der Waals surface area contributed by atoms with E-state index in [0.29, 0.717) is 24.3 Å². The molecule has 2 aliphatic rings. The quantitative estimate of drug-likeness (QED) is 0.715. The highest BCUT2D eigenvalue weighted by Crippen LogP contribution is 2.24. The maximum atomic E-state index is 12.5. The maximum absolute atomic E-state index is 12.5. The lowest BCUT2D eigenvalue weighted by Crippen LogP contribution is -2.60. The molecule has 130 valence electrons. The Morgan fingerprint density at radius 1 is 1.46 bits per heavy atom. The Balaban J connectivity index is 1.66. The lowest BCUT2D eigenvalue weighted by atomic mass is 9.86. The van der Waals surface area contributed by atoms with Crippen LogP contribution in [0.2, 0.25) is 0 Å². The van der Waals surface area contributed by atoms with E-state index in [1.54, 1.807) is 25.3 Å². The SMILES string of the molecule is Cc1ncccc1C(=O)N[C@@H]1CCC[C@@H](N2CCNC(=O)C2)[C@@H]1O. The lowest BCUT2D eigenvalue weighted by molar-refractivity contribution is -0.126. The third-order valence-corrected chi connectivity index (χ3v) is 4.93. The van der Waals surface area contributed by atoms with Crippen LogP contribution >= 0.6 is 0 Å². The van der Waals surface area contributed by atoms with Gasteiger partial charge < -0.3 is 15.7 Å². The van der Waals surface area contributed by atoms with Gasteiger partial charge >= 0.3 is 0 Å². The minimum atomic E-state index is -0.675. The number of rotatable bonds is 3. The van der Waals surface area contributed by atoms with Crippen molar-refractivity contribution in [1.82, 2.24) is 20.5 Å². The second-order valence-electron chi connectivity index (χ2n) is 6.53. The molecule has 7 nitrogen and oxygen atoms in total. The van der Waals surface area contributed by atoms with E-state index in [-0.39, 0.29) is 23.9 Å². The number of amides is 2. The first kappa shape index (κ1) is 16.9. The number of pyridine rings is 1. The molecule has 3 N–H and O–H groups in total. The fourth-order valence-electron chi connectivity index (χ4n) is 3.62. The first-order valence-corrected chi connectivity index (χ1v) is 8.47. The maximum Gasteiger partial charge on any atom is 0.253 e. The highest BCUT2D eigenvalue weighted by molar-refractivity contribution is 5.95. The first-order chi connectivity index (χ1) is 11.6. The second kappa shape index (κ2) is 7.27. The molecule has 1 aromatic heterocycles. The van der Waals surface area contributed by atoms with E-state index in [0.717, 1.165) is 25.8 Å². The van der Waals surface area contributed by atoms with Crippen LogP contribution in [0.4, 0.5) is 0 Å². The number of aryl methyl sites for hydroxylation is 1. The number of carbonyl (C=O) groups excluding carboxylic acids is 2. The van der Waals surface area contributed by atoms with Gasteiger partial charge in [0.25, 0.3) is 5.91 Å². The number of aromatic nitrogens is 1. The summed E-state index contributed by atoms with van der Waals surface area (Å²) in [6, 6.07) is 3.07. The number of carbonyl (C=O) groups is 2. The van der Waals surface area contributed by atoms with E-state index in [4.69, 9.17) is 0 Å². The molecule has 1 aromatic rings. The second-order valence-corrected chi connectivity index (χ2v) is 6.53. The molecular weight excluding hydrogens is 308 g/mol. The van der Waals surface area contributed by atoms with Crippen molar-refractivity contribution in [2.45, 2.75) is 44.4 Å². The molecule has 2 heterocycles. The average Bonchev–Trinajstić information content (AvgIpc) is 2.57. The van der Waals surface area contributed by atoms with Crippen LogP contribution in [-0.4, -0.2) is 64.6 Å². The Morgan fingerprint density at radius 2 is 2.29 bits per heavy atom. The molecule has 3 rings (SSSR count). The van der Waals surface area contributed by atoms with Crippen molar-refractivity contribution in [2.75, 3.05) is 19.6 Å². The van der Waals surface area contributed by atoms with Gasteiger partial charge in [-0.25, -0.2) is 0 Å². The van der Waals surface area contributed by atoms with Gasteiger partial charge in [-0.15, -0.1) is 0 Å². The monoisotopic (exact) mass is 332 g/mol. The van der Waals surface area contributed by atoms with Gasteiger partial charge in [0.05, 0.1) is 24.3 Å². The van der Waals surface area contributed by atoms with Crippen LogP contribution < -0.4 is 10.6 Å². The molecule has 7 heteroatoms. The molecule has 0 spiro atoms. The predicted molar refractivity (Wildman–Crippen MR) is 88.5 cm³/mol. The van der Waals surface area contributed by atoms with Crippen molar-refractivity contribution in [3.63, 3.8) is 0 Å². The molecule has 0 unspecified atom stereocenters. The molecule has 3 atom stereocenters. The van der Waals surface area contributed by atoms with Crippen molar-refractivity contribution >= 4 is 11.8 Å². The lowest BCUT2D eigenvalue weighted by Gasteiger charge is -2.42. The minimum absolute atomic E-state index is 0.00871. The standard InChI is InChI=1S/C17H24N4O3/c1-11-12(4-3-7-18-11)17(24)20-13-5-2-6-14(16(13)23)21-9-8-19-15(22)10-21/h3-4,7,13-14,16,23H,2,5-6,8-10H2,1H3,(H,19,22)(H,20,24)/t13-,14-,16-/m1/s1. The fraction of sp³-hybridized carbons (Fsp3) is 0.588. The van der Waals surface area contributed by atoms with Gasteiger partial charge in [0.2, 0.25) is 5.91 Å². The van der Waals surface area contributed by atoms with Crippen LogP contribution in [0.15, 0.2) is 18.3 Å². The summed E-state index contributed by atoms with van der Waals surface area (Å²) >= 11 is 0. The summed E-state index contributed by atoms with van der Waals surface area (Å²) < 4.78 is 0. The smallest absolute Gasteiger partial charge is 0.253 e. The minimum Gasteiger partial charge on any atom is -0.389 e. The van der Waals surface area contributed by atoms with Crippen LogP contribution in [0.5, 0.6) is 0 Å². The summed E-state index contributed by atoms with van der Waals surface area (Å²) in [6.07, 6.45) is 3.47. The Labute approximate surface area is 141 Å². The van der Waals surface area contributed by atoms with Gasteiger partial charge in [-0.2, -0.15) is 0 Å². The zero-order valence-electron chi connectivity index (χ0n) is 13.9. The Kier molecular flexibility index (Phi) is 5.11. The first-order valence-electron chi connectivity index (χ1n) is 8.47. The number of hydrogen-bond donors (Lipinski definition) is 3. The third-order valence-electron chi connectivity index (χ3n) is 4.93. The molecule has 1 saturated heterocycles. The van der Waals surface area contributed by atoms with E-state index in [9.17, 15) is 14.7 Å². The summed E-state index contributed by atoms with van der Waals surface area (Å²) in [7, 11) is 0. The van der Waals surface area contributed by atoms with Crippen LogP contribution in [0, 0.1) is 6.92 Å². The van der Waals surface area contributed by atoms with Gasteiger partial charge in [0.15, 0.2) is 0 Å².